The van der Waals surface area contributed by atoms with Crippen LogP contribution in [0.1, 0.15) is 60.8 Å². The first-order valence-electron chi connectivity index (χ1n) is 9.51. The monoisotopic (exact) mass is 390 g/mol. The highest BCUT2D eigenvalue weighted by Crippen LogP contribution is 2.33. The smallest absolute Gasteiger partial charge is 0.411 e. The minimum Gasteiger partial charge on any atom is -0.458 e. The number of carbonyl (C=O) groups excluding carboxylic acids is 2. The number of halogens is 2. The van der Waals surface area contributed by atoms with Crippen LogP contribution >= 0.6 is 0 Å². The third kappa shape index (κ3) is 6.30. The summed E-state index contributed by atoms with van der Waals surface area (Å²) in [5, 5.41) is 0. The maximum absolute atomic E-state index is 13.5. The van der Waals surface area contributed by atoms with Gasteiger partial charge in [-0.25, -0.2) is 18.4 Å². The number of piperidine rings is 1. The molecule has 156 valence electrons. The highest BCUT2D eigenvalue weighted by Gasteiger charge is 2.46. The number of nitrogens with zero attached hydrogens (tertiary/aromatic N) is 2. The van der Waals surface area contributed by atoms with Crippen LogP contribution in [-0.4, -0.2) is 70.7 Å². The van der Waals surface area contributed by atoms with Gasteiger partial charge in [-0.15, -0.1) is 0 Å². The lowest BCUT2D eigenvalue weighted by atomic mass is 10.0. The van der Waals surface area contributed by atoms with Crippen LogP contribution in [-0.2, 0) is 14.3 Å². The lowest BCUT2D eigenvalue weighted by Gasteiger charge is -2.35. The van der Waals surface area contributed by atoms with Crippen molar-refractivity contribution in [2.24, 2.45) is 0 Å². The molecule has 2 fully saturated rings. The number of esters is 1. The van der Waals surface area contributed by atoms with E-state index < -0.39 is 35.2 Å². The lowest BCUT2D eigenvalue weighted by molar-refractivity contribution is -0.160. The van der Waals surface area contributed by atoms with Crippen molar-refractivity contribution in [1.29, 1.82) is 0 Å². The largest absolute Gasteiger partial charge is 0.458 e. The van der Waals surface area contributed by atoms with Gasteiger partial charge in [-0.1, -0.05) is 0 Å². The molecule has 2 aliphatic rings. The number of likely N-dealkylation sites (tertiary alicyclic amines) is 2. The number of alkyl halides is 2. The molecule has 0 aromatic heterocycles. The summed E-state index contributed by atoms with van der Waals surface area (Å²) in [6.07, 6.45) is -0.622. The Hall–Kier alpha value is -1.44. The van der Waals surface area contributed by atoms with Crippen LogP contribution in [0, 0.1) is 0 Å². The van der Waals surface area contributed by atoms with Crippen LogP contribution in [0.25, 0.3) is 0 Å². The van der Waals surface area contributed by atoms with Crippen molar-refractivity contribution >= 4 is 12.1 Å². The first-order chi connectivity index (χ1) is 12.2. The van der Waals surface area contributed by atoms with E-state index in [4.69, 9.17) is 9.47 Å². The van der Waals surface area contributed by atoms with Crippen LogP contribution in [0.3, 0.4) is 0 Å². The van der Waals surface area contributed by atoms with Crippen molar-refractivity contribution in [3.63, 3.8) is 0 Å². The molecule has 0 spiro atoms. The summed E-state index contributed by atoms with van der Waals surface area (Å²) >= 11 is 0. The summed E-state index contributed by atoms with van der Waals surface area (Å²) < 4.78 is 37.8. The topological polar surface area (TPSA) is 59.1 Å². The molecule has 0 N–H and O–H groups in total. The first kappa shape index (κ1) is 21.9. The Balaban J connectivity index is 2.13. The summed E-state index contributed by atoms with van der Waals surface area (Å²) in [4.78, 5) is 28.6. The van der Waals surface area contributed by atoms with E-state index >= 15 is 0 Å². The van der Waals surface area contributed by atoms with Gasteiger partial charge in [0.1, 0.15) is 17.2 Å². The summed E-state index contributed by atoms with van der Waals surface area (Å²) in [6, 6.07) is -0.933. The van der Waals surface area contributed by atoms with E-state index in [1.54, 1.807) is 41.5 Å². The molecule has 6 nitrogen and oxygen atoms in total. The minimum absolute atomic E-state index is 0.161. The molecule has 2 saturated heterocycles. The molecule has 2 atom stereocenters. The van der Waals surface area contributed by atoms with Crippen molar-refractivity contribution < 1.29 is 27.8 Å². The molecule has 1 amide bonds. The van der Waals surface area contributed by atoms with Crippen molar-refractivity contribution in [1.82, 2.24) is 9.80 Å². The van der Waals surface area contributed by atoms with Gasteiger partial charge in [0.2, 0.25) is 0 Å². The lowest BCUT2D eigenvalue weighted by Crippen LogP contribution is -2.47. The van der Waals surface area contributed by atoms with Gasteiger partial charge < -0.3 is 9.47 Å². The van der Waals surface area contributed by atoms with E-state index in [-0.39, 0.29) is 38.5 Å². The van der Waals surface area contributed by atoms with Crippen molar-refractivity contribution in [3.05, 3.63) is 0 Å². The van der Waals surface area contributed by atoms with Crippen molar-refractivity contribution in [2.45, 2.75) is 90.0 Å². The highest BCUT2D eigenvalue weighted by molar-refractivity contribution is 5.82. The van der Waals surface area contributed by atoms with Crippen molar-refractivity contribution in [2.75, 3.05) is 19.6 Å². The van der Waals surface area contributed by atoms with E-state index in [9.17, 15) is 18.4 Å². The number of rotatable bonds is 2. The highest BCUT2D eigenvalue weighted by atomic mass is 19.3. The number of ether oxygens (including phenoxy) is 2. The predicted octanol–water partition coefficient (Wildman–Crippen LogP) is 3.44. The molecule has 0 saturated carbocycles. The first-order valence-corrected chi connectivity index (χ1v) is 9.51. The minimum atomic E-state index is -2.63. The van der Waals surface area contributed by atoms with Gasteiger partial charge in [0.05, 0.1) is 0 Å². The van der Waals surface area contributed by atoms with Crippen LogP contribution in [0.5, 0.6) is 0 Å². The predicted molar refractivity (Wildman–Crippen MR) is 96.7 cm³/mol. The summed E-state index contributed by atoms with van der Waals surface area (Å²) in [6.45, 7) is 11.3. The summed E-state index contributed by atoms with van der Waals surface area (Å²) in [5.41, 5.74) is -1.37. The Bertz CT molecular complexity index is 523. The fourth-order valence-electron chi connectivity index (χ4n) is 3.41. The van der Waals surface area contributed by atoms with Gasteiger partial charge in [0.15, 0.2) is 0 Å². The maximum Gasteiger partial charge on any atom is 0.411 e. The maximum atomic E-state index is 13.5. The average Bonchev–Trinajstić information content (AvgIpc) is 2.89. The van der Waals surface area contributed by atoms with Gasteiger partial charge in [-0.2, -0.15) is 0 Å². The third-order valence-corrected chi connectivity index (χ3v) is 4.63. The van der Waals surface area contributed by atoms with E-state index in [1.807, 2.05) is 4.90 Å². The van der Waals surface area contributed by atoms with Gasteiger partial charge >= 0.3 is 12.1 Å². The molecule has 2 rings (SSSR count). The third-order valence-electron chi connectivity index (χ3n) is 4.63. The summed E-state index contributed by atoms with van der Waals surface area (Å²) in [7, 11) is 0. The van der Waals surface area contributed by atoms with Gasteiger partial charge in [0, 0.05) is 38.5 Å². The number of carbonyl (C=O) groups is 2. The zero-order valence-electron chi connectivity index (χ0n) is 17.2. The van der Waals surface area contributed by atoms with Crippen LogP contribution < -0.4 is 0 Å². The van der Waals surface area contributed by atoms with E-state index in [1.165, 1.54) is 4.90 Å². The molecule has 0 aromatic rings. The van der Waals surface area contributed by atoms with E-state index in [0.29, 0.717) is 6.42 Å². The molecular weight excluding hydrogens is 358 g/mol. The Kier molecular flexibility index (Phi) is 6.09. The molecule has 0 bridgehead atoms. The number of amides is 1. The molecular formula is C19H32F2N2O4. The molecule has 0 radical (unpaired) electrons. The molecule has 8 heteroatoms. The second kappa shape index (κ2) is 7.53. The van der Waals surface area contributed by atoms with Crippen LogP contribution in [0.2, 0.25) is 0 Å². The Morgan fingerprint density at radius 1 is 0.963 bits per heavy atom. The summed E-state index contributed by atoms with van der Waals surface area (Å²) in [5.74, 6) is -3.12. The molecule has 0 aliphatic carbocycles. The molecule has 2 heterocycles. The SMILES string of the molecule is CC(C)(C)OC(=O)[C@@H]1C[C@H](N2CCC(F)(F)CC2)CN1C(=O)OC(C)(C)C. The Morgan fingerprint density at radius 2 is 1.48 bits per heavy atom. The zero-order chi connectivity index (χ0) is 20.6. The average molecular weight is 390 g/mol. The van der Waals surface area contributed by atoms with E-state index in [0.717, 1.165) is 0 Å². The standard InChI is InChI=1S/C19H32F2N2O4/c1-17(2,3)26-15(24)14-11-13(22-9-7-19(20,21)8-10-22)12-23(14)16(25)27-18(4,5)6/h13-14H,7-12H2,1-6H3/t13-,14-/m0/s1. The second-order valence-corrected chi connectivity index (χ2v) is 9.46. The quantitative estimate of drug-likeness (QED) is 0.676. The fraction of sp³-hybridized carbons (Fsp3) is 0.895. The fourth-order valence-corrected chi connectivity index (χ4v) is 3.41. The number of hydrogen-bond acceptors (Lipinski definition) is 5. The van der Waals surface area contributed by atoms with Gasteiger partial charge in [-0.3, -0.25) is 9.80 Å². The van der Waals surface area contributed by atoms with Gasteiger partial charge in [0.25, 0.3) is 5.92 Å². The normalized spacial score (nSPS) is 26.7. The molecule has 0 unspecified atom stereocenters. The Labute approximate surface area is 160 Å². The molecule has 0 aromatic carbocycles. The van der Waals surface area contributed by atoms with Gasteiger partial charge in [-0.05, 0) is 48.0 Å². The number of hydrogen-bond donors (Lipinski definition) is 0. The van der Waals surface area contributed by atoms with Crippen LogP contribution in [0.4, 0.5) is 13.6 Å². The zero-order valence-corrected chi connectivity index (χ0v) is 17.2. The second-order valence-electron chi connectivity index (χ2n) is 9.46. The van der Waals surface area contributed by atoms with E-state index in [2.05, 4.69) is 0 Å². The molecule has 2 aliphatic heterocycles. The Morgan fingerprint density at radius 3 is 1.96 bits per heavy atom. The van der Waals surface area contributed by atoms with Crippen LogP contribution in [0.15, 0.2) is 0 Å². The molecule has 27 heavy (non-hydrogen) atoms. The van der Waals surface area contributed by atoms with Crippen molar-refractivity contribution in [3.8, 4) is 0 Å².